The number of anilines is 1. The molecule has 5 heteroatoms. The first-order valence-electron chi connectivity index (χ1n) is 9.00. The monoisotopic (exact) mass is 395 g/mol. The molecule has 0 spiro atoms. The smallest absolute Gasteiger partial charge is 0.0398 e. The number of aryl methyl sites for hydroxylation is 1. The van der Waals surface area contributed by atoms with Gasteiger partial charge >= 0.3 is 0 Å². The number of benzene rings is 2. The first-order valence-corrected chi connectivity index (χ1v) is 9.00. The van der Waals surface area contributed by atoms with Crippen LogP contribution in [-0.2, 0) is 13.1 Å². The van der Waals surface area contributed by atoms with Gasteiger partial charge in [-0.05, 0) is 55.0 Å². The van der Waals surface area contributed by atoms with Crippen LogP contribution in [0.5, 0.6) is 0 Å². The Bertz CT molecular complexity index is 665. The van der Waals surface area contributed by atoms with E-state index in [4.69, 9.17) is 5.73 Å². The highest BCUT2D eigenvalue weighted by Crippen LogP contribution is 2.25. The average Bonchev–Trinajstić information content (AvgIpc) is 2.63. The van der Waals surface area contributed by atoms with E-state index < -0.39 is 0 Å². The van der Waals surface area contributed by atoms with Gasteiger partial charge in [0.15, 0.2) is 0 Å². The van der Waals surface area contributed by atoms with Crippen LogP contribution in [0.2, 0.25) is 0 Å². The molecule has 0 atom stereocenters. The molecule has 0 aromatic heterocycles. The molecular weight excluding hydrogens is 365 g/mol. The first-order chi connectivity index (χ1) is 11.7. The summed E-state index contributed by atoms with van der Waals surface area (Å²) in [4.78, 5) is 2.54. The lowest BCUT2D eigenvalue weighted by Crippen LogP contribution is -2.42. The van der Waals surface area contributed by atoms with Crippen molar-refractivity contribution in [2.75, 3.05) is 18.0 Å². The van der Waals surface area contributed by atoms with Crippen LogP contribution in [0.15, 0.2) is 42.5 Å². The Morgan fingerprint density at radius 2 is 1.58 bits per heavy atom. The van der Waals surface area contributed by atoms with Gasteiger partial charge in [0, 0.05) is 37.9 Å². The van der Waals surface area contributed by atoms with Gasteiger partial charge in [-0.25, -0.2) is 0 Å². The number of hydrogen-bond acceptors (Lipinski definition) is 3. The van der Waals surface area contributed by atoms with E-state index >= 15 is 0 Å². The topological polar surface area (TPSA) is 41.3 Å². The lowest BCUT2D eigenvalue weighted by Gasteiger charge is -2.35. The maximum Gasteiger partial charge on any atom is 0.0398 e. The van der Waals surface area contributed by atoms with Crippen molar-refractivity contribution in [2.24, 2.45) is 5.73 Å². The van der Waals surface area contributed by atoms with E-state index in [2.05, 4.69) is 66.5 Å². The van der Waals surface area contributed by atoms with E-state index in [9.17, 15) is 0 Å². The van der Waals surface area contributed by atoms with E-state index in [1.807, 2.05) is 0 Å². The van der Waals surface area contributed by atoms with E-state index in [0.717, 1.165) is 19.6 Å². The summed E-state index contributed by atoms with van der Waals surface area (Å²) >= 11 is 0. The van der Waals surface area contributed by atoms with Crippen LogP contribution in [0, 0.1) is 13.8 Å². The van der Waals surface area contributed by atoms with Gasteiger partial charge in [0.2, 0.25) is 0 Å². The minimum Gasteiger partial charge on any atom is -0.371 e. The Kier molecular flexibility index (Phi) is 9.45. The van der Waals surface area contributed by atoms with Crippen molar-refractivity contribution in [2.45, 2.75) is 45.8 Å². The molecular formula is C21H31Cl2N3. The van der Waals surface area contributed by atoms with Crippen molar-refractivity contribution in [3.8, 4) is 0 Å². The molecule has 2 aromatic carbocycles. The molecule has 144 valence electrons. The second-order valence-electron chi connectivity index (χ2n) is 6.88. The molecule has 0 unspecified atom stereocenters. The van der Waals surface area contributed by atoms with Crippen LogP contribution in [0.4, 0.5) is 5.69 Å². The molecule has 1 aliphatic rings. The van der Waals surface area contributed by atoms with Crippen LogP contribution >= 0.6 is 24.8 Å². The highest BCUT2D eigenvalue weighted by molar-refractivity contribution is 5.85. The van der Waals surface area contributed by atoms with Crippen molar-refractivity contribution in [3.63, 3.8) is 0 Å². The Labute approximate surface area is 170 Å². The number of nitrogens with one attached hydrogen (secondary N) is 1. The van der Waals surface area contributed by atoms with Crippen molar-refractivity contribution >= 4 is 30.5 Å². The summed E-state index contributed by atoms with van der Waals surface area (Å²) in [6.07, 6.45) is 2.41. The molecule has 0 amide bonds. The number of halogens is 2. The van der Waals surface area contributed by atoms with Crippen LogP contribution in [0.25, 0.3) is 0 Å². The van der Waals surface area contributed by atoms with Gasteiger partial charge in [0.25, 0.3) is 0 Å². The largest absolute Gasteiger partial charge is 0.371 e. The Hall–Kier alpha value is -1.26. The first kappa shape index (κ1) is 22.8. The number of rotatable bonds is 5. The van der Waals surface area contributed by atoms with Gasteiger partial charge in [0.05, 0.1) is 0 Å². The third-order valence-electron chi connectivity index (χ3n) is 5.27. The summed E-state index contributed by atoms with van der Waals surface area (Å²) in [7, 11) is 0. The third kappa shape index (κ3) is 5.62. The maximum atomic E-state index is 5.65. The zero-order valence-electron chi connectivity index (χ0n) is 15.7. The van der Waals surface area contributed by atoms with Gasteiger partial charge < -0.3 is 16.0 Å². The number of nitrogens with zero attached hydrogens (tertiary/aromatic N) is 1. The molecule has 2 aromatic rings. The normalized spacial score (nSPS) is 14.5. The molecule has 1 saturated heterocycles. The summed E-state index contributed by atoms with van der Waals surface area (Å²) in [5.41, 5.74) is 12.4. The second kappa shape index (κ2) is 10.8. The average molecular weight is 396 g/mol. The fraction of sp³-hybridized carbons (Fsp3) is 0.429. The standard InChI is InChI=1S/C21H29N3.2ClH/c1-16-4-3-5-21(17(16)2)24-12-10-20(11-13-24)23-15-19-8-6-18(14-22)7-9-19;;/h3-9,20,23H,10-15,22H2,1-2H3;2*1H. The van der Waals surface area contributed by atoms with E-state index in [-0.39, 0.29) is 24.8 Å². The van der Waals surface area contributed by atoms with Crippen LogP contribution in [-0.4, -0.2) is 19.1 Å². The SMILES string of the molecule is Cc1cccc(N2CCC(NCc3ccc(CN)cc3)CC2)c1C.Cl.Cl. The molecule has 1 fully saturated rings. The number of hydrogen-bond donors (Lipinski definition) is 2. The summed E-state index contributed by atoms with van der Waals surface area (Å²) in [6.45, 7) is 8.26. The molecule has 1 heterocycles. The lowest BCUT2D eigenvalue weighted by molar-refractivity contribution is 0.414. The predicted octanol–water partition coefficient (Wildman–Crippen LogP) is 4.36. The van der Waals surface area contributed by atoms with Crippen molar-refractivity contribution in [3.05, 3.63) is 64.7 Å². The molecule has 0 saturated carbocycles. The zero-order chi connectivity index (χ0) is 16.9. The lowest BCUT2D eigenvalue weighted by atomic mass is 10.0. The van der Waals surface area contributed by atoms with Crippen molar-refractivity contribution in [1.82, 2.24) is 5.32 Å². The van der Waals surface area contributed by atoms with E-state index in [0.29, 0.717) is 12.6 Å². The fourth-order valence-corrected chi connectivity index (χ4v) is 3.46. The molecule has 26 heavy (non-hydrogen) atoms. The van der Waals surface area contributed by atoms with Crippen molar-refractivity contribution < 1.29 is 0 Å². The van der Waals surface area contributed by atoms with Gasteiger partial charge in [-0.2, -0.15) is 0 Å². The number of nitrogens with two attached hydrogens (primary N) is 1. The minimum absolute atomic E-state index is 0. The molecule has 0 aliphatic carbocycles. The zero-order valence-corrected chi connectivity index (χ0v) is 17.3. The third-order valence-corrected chi connectivity index (χ3v) is 5.27. The maximum absolute atomic E-state index is 5.65. The molecule has 1 aliphatic heterocycles. The van der Waals surface area contributed by atoms with Crippen LogP contribution in [0.3, 0.4) is 0 Å². The molecule has 0 radical (unpaired) electrons. The van der Waals surface area contributed by atoms with Gasteiger partial charge in [0.1, 0.15) is 0 Å². The Balaban J connectivity index is 0.00000169. The molecule has 3 rings (SSSR count). The highest BCUT2D eigenvalue weighted by Gasteiger charge is 2.20. The number of piperidine rings is 1. The molecule has 3 nitrogen and oxygen atoms in total. The summed E-state index contributed by atoms with van der Waals surface area (Å²) < 4.78 is 0. The second-order valence-corrected chi connectivity index (χ2v) is 6.88. The van der Waals surface area contributed by atoms with Crippen LogP contribution < -0.4 is 16.0 Å². The summed E-state index contributed by atoms with van der Waals surface area (Å²) in [6, 6.07) is 15.9. The Morgan fingerprint density at radius 3 is 2.19 bits per heavy atom. The highest BCUT2D eigenvalue weighted by atomic mass is 35.5. The molecule has 0 bridgehead atoms. The van der Waals surface area contributed by atoms with E-state index in [1.165, 1.54) is 40.8 Å². The summed E-state index contributed by atoms with van der Waals surface area (Å²) in [5.74, 6) is 0. The predicted molar refractivity (Wildman–Crippen MR) is 117 cm³/mol. The van der Waals surface area contributed by atoms with Gasteiger partial charge in [-0.3, -0.25) is 0 Å². The fourth-order valence-electron chi connectivity index (χ4n) is 3.46. The summed E-state index contributed by atoms with van der Waals surface area (Å²) in [5, 5.41) is 3.72. The quantitative estimate of drug-likeness (QED) is 0.789. The van der Waals surface area contributed by atoms with E-state index in [1.54, 1.807) is 0 Å². The molecule has 3 N–H and O–H groups in total. The van der Waals surface area contributed by atoms with Gasteiger partial charge in [-0.1, -0.05) is 36.4 Å². The Morgan fingerprint density at radius 1 is 0.962 bits per heavy atom. The van der Waals surface area contributed by atoms with Crippen molar-refractivity contribution in [1.29, 1.82) is 0 Å². The van der Waals surface area contributed by atoms with Crippen LogP contribution in [0.1, 0.15) is 35.1 Å². The minimum atomic E-state index is 0. The van der Waals surface area contributed by atoms with Gasteiger partial charge in [-0.15, -0.1) is 24.8 Å².